The summed E-state index contributed by atoms with van der Waals surface area (Å²) in [6, 6.07) is 8.98. The van der Waals surface area contributed by atoms with Crippen LogP contribution in [0, 0.1) is 5.92 Å². The van der Waals surface area contributed by atoms with E-state index >= 15 is 0 Å². The maximum atomic E-state index is 9.45. The van der Waals surface area contributed by atoms with Crippen LogP contribution in [0.25, 0.3) is 0 Å². The standard InChI is InChI=1S/C16H24N2O/c1-2-15(12-5-7-14(19)8-6-12)18-9-3-4-13-10-17-11-16(13)18/h5-8,13,15-17,19H,2-4,9-11H2,1H3. The topological polar surface area (TPSA) is 35.5 Å². The third kappa shape index (κ3) is 2.49. The number of phenols is 1. The Hall–Kier alpha value is -1.06. The van der Waals surface area contributed by atoms with Crippen LogP contribution in [0.2, 0.25) is 0 Å². The summed E-state index contributed by atoms with van der Waals surface area (Å²) in [7, 11) is 0. The van der Waals surface area contributed by atoms with Crippen molar-refractivity contribution in [1.82, 2.24) is 10.2 Å². The Morgan fingerprint density at radius 1 is 1.32 bits per heavy atom. The molecule has 1 aromatic rings. The molecule has 2 saturated heterocycles. The molecule has 19 heavy (non-hydrogen) atoms. The average molecular weight is 260 g/mol. The molecule has 0 amide bonds. The molecule has 0 bridgehead atoms. The van der Waals surface area contributed by atoms with Crippen LogP contribution in [0.1, 0.15) is 37.8 Å². The van der Waals surface area contributed by atoms with Gasteiger partial charge in [0.05, 0.1) is 0 Å². The quantitative estimate of drug-likeness (QED) is 0.876. The number of benzene rings is 1. The maximum absolute atomic E-state index is 9.45. The number of phenolic OH excluding ortho intramolecular Hbond substituents is 1. The Labute approximate surface area is 115 Å². The van der Waals surface area contributed by atoms with Crippen LogP contribution in [0.5, 0.6) is 5.75 Å². The van der Waals surface area contributed by atoms with Crippen LogP contribution in [0.15, 0.2) is 24.3 Å². The zero-order valence-electron chi connectivity index (χ0n) is 11.7. The SMILES string of the molecule is CCC(c1ccc(O)cc1)N1CCCC2CNCC21. The lowest BCUT2D eigenvalue weighted by atomic mass is 9.88. The van der Waals surface area contributed by atoms with Crippen molar-refractivity contribution in [2.24, 2.45) is 5.92 Å². The lowest BCUT2D eigenvalue weighted by molar-refractivity contribution is 0.0744. The molecular weight excluding hydrogens is 236 g/mol. The van der Waals surface area contributed by atoms with Gasteiger partial charge in [-0.3, -0.25) is 4.90 Å². The smallest absolute Gasteiger partial charge is 0.115 e. The van der Waals surface area contributed by atoms with Gasteiger partial charge in [0.1, 0.15) is 5.75 Å². The summed E-state index contributed by atoms with van der Waals surface area (Å²) in [5.41, 5.74) is 1.34. The molecule has 3 rings (SSSR count). The third-order valence-electron chi connectivity index (χ3n) is 4.79. The predicted octanol–water partition coefficient (Wildman–Crippen LogP) is 2.53. The van der Waals surface area contributed by atoms with Crippen molar-refractivity contribution in [3.05, 3.63) is 29.8 Å². The molecule has 3 atom stereocenters. The summed E-state index contributed by atoms with van der Waals surface area (Å²) < 4.78 is 0. The van der Waals surface area contributed by atoms with E-state index in [2.05, 4.69) is 29.3 Å². The van der Waals surface area contributed by atoms with Gasteiger partial charge in [-0.2, -0.15) is 0 Å². The van der Waals surface area contributed by atoms with Crippen molar-refractivity contribution in [3.8, 4) is 5.75 Å². The molecular formula is C16H24N2O. The van der Waals surface area contributed by atoms with Gasteiger partial charge >= 0.3 is 0 Å². The minimum Gasteiger partial charge on any atom is -0.508 e. The zero-order valence-corrected chi connectivity index (χ0v) is 11.7. The minimum absolute atomic E-state index is 0.359. The summed E-state index contributed by atoms with van der Waals surface area (Å²) in [6.45, 7) is 5.80. The van der Waals surface area contributed by atoms with E-state index in [-0.39, 0.29) is 0 Å². The van der Waals surface area contributed by atoms with E-state index in [1.165, 1.54) is 31.5 Å². The Morgan fingerprint density at radius 2 is 2.11 bits per heavy atom. The van der Waals surface area contributed by atoms with E-state index in [4.69, 9.17) is 0 Å². The first-order valence-electron chi connectivity index (χ1n) is 7.55. The average Bonchev–Trinajstić information content (AvgIpc) is 2.91. The number of likely N-dealkylation sites (tertiary alicyclic amines) is 1. The van der Waals surface area contributed by atoms with E-state index < -0.39 is 0 Å². The van der Waals surface area contributed by atoms with E-state index in [9.17, 15) is 5.11 Å². The first kappa shape index (κ1) is 12.9. The number of hydrogen-bond donors (Lipinski definition) is 2. The largest absolute Gasteiger partial charge is 0.508 e. The van der Waals surface area contributed by atoms with Gasteiger partial charge in [-0.1, -0.05) is 19.1 Å². The predicted molar refractivity (Wildman–Crippen MR) is 77.2 cm³/mol. The van der Waals surface area contributed by atoms with Crippen molar-refractivity contribution in [2.75, 3.05) is 19.6 Å². The molecule has 3 nitrogen and oxygen atoms in total. The summed E-state index contributed by atoms with van der Waals surface area (Å²) in [5, 5.41) is 13.0. The Balaban J connectivity index is 1.82. The molecule has 0 saturated carbocycles. The Kier molecular flexibility index (Phi) is 3.76. The van der Waals surface area contributed by atoms with E-state index in [0.29, 0.717) is 17.8 Å². The van der Waals surface area contributed by atoms with E-state index in [0.717, 1.165) is 18.9 Å². The highest BCUT2D eigenvalue weighted by molar-refractivity contribution is 5.28. The highest BCUT2D eigenvalue weighted by atomic mass is 16.3. The van der Waals surface area contributed by atoms with Crippen molar-refractivity contribution < 1.29 is 5.11 Å². The number of hydrogen-bond acceptors (Lipinski definition) is 3. The minimum atomic E-state index is 0.359. The highest BCUT2D eigenvalue weighted by Gasteiger charge is 2.37. The second-order valence-electron chi connectivity index (χ2n) is 5.88. The molecule has 1 aromatic carbocycles. The van der Waals surface area contributed by atoms with Crippen LogP contribution in [-0.4, -0.2) is 35.7 Å². The van der Waals surface area contributed by atoms with E-state index in [1.807, 2.05) is 12.1 Å². The number of piperidine rings is 1. The van der Waals surface area contributed by atoms with Gasteiger partial charge in [0, 0.05) is 18.6 Å². The number of nitrogens with zero attached hydrogens (tertiary/aromatic N) is 1. The van der Waals surface area contributed by atoms with Crippen LogP contribution < -0.4 is 5.32 Å². The monoisotopic (exact) mass is 260 g/mol. The van der Waals surface area contributed by atoms with Gasteiger partial charge in [0.25, 0.3) is 0 Å². The number of nitrogens with one attached hydrogen (secondary N) is 1. The normalized spacial score (nSPS) is 29.1. The number of fused-ring (bicyclic) bond motifs is 1. The Bertz CT molecular complexity index is 417. The van der Waals surface area contributed by atoms with Gasteiger partial charge in [-0.15, -0.1) is 0 Å². The lowest BCUT2D eigenvalue weighted by Crippen LogP contribution is -2.46. The second-order valence-corrected chi connectivity index (χ2v) is 5.88. The number of aromatic hydroxyl groups is 1. The third-order valence-corrected chi connectivity index (χ3v) is 4.79. The molecule has 2 fully saturated rings. The molecule has 104 valence electrons. The van der Waals surface area contributed by atoms with Crippen molar-refractivity contribution in [1.29, 1.82) is 0 Å². The first-order valence-corrected chi connectivity index (χ1v) is 7.55. The summed E-state index contributed by atoms with van der Waals surface area (Å²) in [6.07, 6.45) is 3.83. The molecule has 0 aliphatic carbocycles. The van der Waals surface area contributed by atoms with Gasteiger partial charge in [0.15, 0.2) is 0 Å². The molecule has 0 spiro atoms. The van der Waals surface area contributed by atoms with Gasteiger partial charge in [-0.05, 0) is 56.0 Å². The van der Waals surface area contributed by atoms with Crippen molar-refractivity contribution in [3.63, 3.8) is 0 Å². The van der Waals surface area contributed by atoms with Gasteiger partial charge < -0.3 is 10.4 Å². The second kappa shape index (κ2) is 5.51. The van der Waals surface area contributed by atoms with Crippen LogP contribution in [0.3, 0.4) is 0 Å². The maximum Gasteiger partial charge on any atom is 0.115 e. The van der Waals surface area contributed by atoms with E-state index in [1.54, 1.807) is 0 Å². The molecule has 2 heterocycles. The molecule has 2 aliphatic rings. The van der Waals surface area contributed by atoms with Gasteiger partial charge in [-0.25, -0.2) is 0 Å². The Morgan fingerprint density at radius 3 is 2.84 bits per heavy atom. The van der Waals surface area contributed by atoms with Crippen molar-refractivity contribution >= 4 is 0 Å². The fraction of sp³-hybridized carbons (Fsp3) is 0.625. The lowest BCUT2D eigenvalue weighted by Gasteiger charge is -2.42. The van der Waals surface area contributed by atoms with Crippen LogP contribution in [-0.2, 0) is 0 Å². The molecule has 3 heteroatoms. The fourth-order valence-corrected chi connectivity index (χ4v) is 3.85. The summed E-state index contributed by atoms with van der Waals surface area (Å²) >= 11 is 0. The number of rotatable bonds is 3. The summed E-state index contributed by atoms with van der Waals surface area (Å²) in [4.78, 5) is 2.69. The van der Waals surface area contributed by atoms with Crippen LogP contribution in [0.4, 0.5) is 0 Å². The first-order chi connectivity index (χ1) is 9.29. The molecule has 0 radical (unpaired) electrons. The highest BCUT2D eigenvalue weighted by Crippen LogP contribution is 2.35. The fourth-order valence-electron chi connectivity index (χ4n) is 3.85. The summed E-state index contributed by atoms with van der Waals surface area (Å²) in [5.74, 6) is 1.19. The van der Waals surface area contributed by atoms with Crippen LogP contribution >= 0.6 is 0 Å². The van der Waals surface area contributed by atoms with Crippen molar-refractivity contribution in [2.45, 2.75) is 38.3 Å². The molecule has 2 aliphatic heterocycles. The van der Waals surface area contributed by atoms with Gasteiger partial charge in [0.2, 0.25) is 0 Å². The molecule has 2 N–H and O–H groups in total. The zero-order chi connectivity index (χ0) is 13.2. The molecule has 3 unspecified atom stereocenters. The molecule has 0 aromatic heterocycles.